The lowest BCUT2D eigenvalue weighted by molar-refractivity contribution is -0.118. The van der Waals surface area contributed by atoms with Crippen LogP contribution in [0.3, 0.4) is 0 Å². The molecule has 0 saturated carbocycles. The number of amides is 1. The van der Waals surface area contributed by atoms with Crippen molar-refractivity contribution in [1.82, 2.24) is 0 Å². The molecule has 3 heteroatoms. The molecule has 22 heavy (non-hydrogen) atoms. The van der Waals surface area contributed by atoms with Crippen LogP contribution in [0.5, 0.6) is 0 Å². The van der Waals surface area contributed by atoms with E-state index in [2.05, 4.69) is 0 Å². The summed E-state index contributed by atoms with van der Waals surface area (Å²) >= 11 is 0. The highest BCUT2D eigenvalue weighted by Gasteiger charge is 2.22. The van der Waals surface area contributed by atoms with E-state index in [9.17, 15) is 4.79 Å². The van der Waals surface area contributed by atoms with E-state index in [1.54, 1.807) is 4.90 Å². The van der Waals surface area contributed by atoms with Gasteiger partial charge in [0.2, 0.25) is 0 Å². The van der Waals surface area contributed by atoms with Gasteiger partial charge in [0.25, 0.3) is 5.91 Å². The van der Waals surface area contributed by atoms with Crippen LogP contribution in [0.2, 0.25) is 0 Å². The van der Waals surface area contributed by atoms with Crippen LogP contribution in [-0.2, 0) is 16.1 Å². The van der Waals surface area contributed by atoms with Crippen molar-refractivity contribution in [2.75, 3.05) is 11.5 Å². The number of nitrogens with zero attached hydrogens (tertiary/aromatic N) is 1. The average Bonchev–Trinajstić information content (AvgIpc) is 2.61. The number of rotatable bonds is 4. The number of carbonyl (C=O) groups excluding carboxylic acids is 1. The van der Waals surface area contributed by atoms with E-state index in [-0.39, 0.29) is 5.91 Å². The molecule has 0 N–H and O–H groups in total. The first-order valence-electron chi connectivity index (χ1n) is 7.58. The minimum absolute atomic E-state index is 0.0743. The molecule has 0 saturated heterocycles. The van der Waals surface area contributed by atoms with Gasteiger partial charge < -0.3 is 9.64 Å². The average molecular weight is 293 g/mol. The van der Waals surface area contributed by atoms with Gasteiger partial charge in [0.15, 0.2) is 5.76 Å². The van der Waals surface area contributed by atoms with Crippen LogP contribution in [0.4, 0.5) is 5.69 Å². The Morgan fingerprint density at radius 2 is 1.68 bits per heavy atom. The Balaban J connectivity index is 1.89. The normalized spacial score (nSPS) is 13.9. The maximum Gasteiger partial charge on any atom is 0.293 e. The van der Waals surface area contributed by atoms with Crippen LogP contribution in [0, 0.1) is 0 Å². The van der Waals surface area contributed by atoms with Gasteiger partial charge in [-0.25, -0.2) is 0 Å². The number of anilines is 1. The number of ether oxygens (including phenoxy) is 1. The molecule has 1 aliphatic heterocycles. The summed E-state index contributed by atoms with van der Waals surface area (Å²) in [6, 6.07) is 19.7. The third-order valence-corrected chi connectivity index (χ3v) is 3.64. The Labute approximate surface area is 130 Å². The molecule has 1 heterocycles. The Bertz CT molecular complexity index is 650. The standard InChI is InChI=1S/C19H19NO2/c21-19(18-13-7-8-14-22-18)20(17-11-5-2-6-12-17)15-16-9-3-1-4-10-16/h1-6,9-13H,7-8,14-15H2. The molecule has 0 aliphatic carbocycles. The summed E-state index contributed by atoms with van der Waals surface area (Å²) in [6.07, 6.45) is 3.77. The van der Waals surface area contributed by atoms with Crippen molar-refractivity contribution in [3.63, 3.8) is 0 Å². The zero-order chi connectivity index (χ0) is 15.2. The highest BCUT2D eigenvalue weighted by Crippen LogP contribution is 2.21. The Morgan fingerprint density at radius 3 is 2.32 bits per heavy atom. The minimum Gasteiger partial charge on any atom is -0.488 e. The number of carbonyl (C=O) groups is 1. The van der Waals surface area contributed by atoms with Crippen molar-refractivity contribution in [3.8, 4) is 0 Å². The van der Waals surface area contributed by atoms with Crippen LogP contribution >= 0.6 is 0 Å². The summed E-state index contributed by atoms with van der Waals surface area (Å²) in [5.41, 5.74) is 1.97. The van der Waals surface area contributed by atoms with Gasteiger partial charge in [-0.05, 0) is 36.6 Å². The lowest BCUT2D eigenvalue weighted by atomic mass is 10.1. The smallest absolute Gasteiger partial charge is 0.293 e. The number of hydrogen-bond acceptors (Lipinski definition) is 2. The summed E-state index contributed by atoms with van der Waals surface area (Å²) in [5.74, 6) is 0.390. The summed E-state index contributed by atoms with van der Waals surface area (Å²) in [4.78, 5) is 14.6. The largest absolute Gasteiger partial charge is 0.488 e. The van der Waals surface area contributed by atoms with Crippen LogP contribution < -0.4 is 4.90 Å². The number of benzene rings is 2. The van der Waals surface area contributed by atoms with Crippen molar-refractivity contribution in [2.24, 2.45) is 0 Å². The molecular formula is C19H19NO2. The van der Waals surface area contributed by atoms with E-state index in [0.717, 1.165) is 24.1 Å². The first kappa shape index (κ1) is 14.4. The molecular weight excluding hydrogens is 274 g/mol. The Morgan fingerprint density at radius 1 is 1.00 bits per heavy atom. The van der Waals surface area contributed by atoms with Crippen molar-refractivity contribution in [2.45, 2.75) is 19.4 Å². The topological polar surface area (TPSA) is 29.5 Å². The van der Waals surface area contributed by atoms with Gasteiger partial charge in [0.05, 0.1) is 13.2 Å². The fraction of sp³-hybridized carbons (Fsp3) is 0.211. The van der Waals surface area contributed by atoms with Gasteiger partial charge >= 0.3 is 0 Å². The molecule has 112 valence electrons. The minimum atomic E-state index is -0.0743. The molecule has 1 amide bonds. The van der Waals surface area contributed by atoms with Crippen LogP contribution in [0.1, 0.15) is 18.4 Å². The molecule has 3 nitrogen and oxygen atoms in total. The van der Waals surface area contributed by atoms with E-state index in [1.165, 1.54) is 0 Å². The SMILES string of the molecule is O=C(C1=CCCCO1)N(Cc1ccccc1)c1ccccc1. The van der Waals surface area contributed by atoms with Gasteiger partial charge in [-0.3, -0.25) is 4.79 Å². The van der Waals surface area contributed by atoms with E-state index in [1.807, 2.05) is 66.7 Å². The number of para-hydroxylation sites is 1. The van der Waals surface area contributed by atoms with Crippen LogP contribution in [0.25, 0.3) is 0 Å². The van der Waals surface area contributed by atoms with Crippen molar-refractivity contribution >= 4 is 11.6 Å². The maximum absolute atomic E-state index is 12.8. The van der Waals surface area contributed by atoms with E-state index in [0.29, 0.717) is 18.9 Å². The molecule has 3 rings (SSSR count). The predicted molar refractivity (Wildman–Crippen MR) is 87.3 cm³/mol. The molecule has 0 fully saturated rings. The molecule has 0 unspecified atom stereocenters. The summed E-state index contributed by atoms with van der Waals surface area (Å²) in [7, 11) is 0. The van der Waals surface area contributed by atoms with Gasteiger partial charge in [-0.15, -0.1) is 0 Å². The van der Waals surface area contributed by atoms with E-state index < -0.39 is 0 Å². The van der Waals surface area contributed by atoms with Gasteiger partial charge in [-0.2, -0.15) is 0 Å². The summed E-state index contributed by atoms with van der Waals surface area (Å²) < 4.78 is 5.55. The number of hydrogen-bond donors (Lipinski definition) is 0. The van der Waals surface area contributed by atoms with Gasteiger partial charge in [0.1, 0.15) is 0 Å². The lowest BCUT2D eigenvalue weighted by Crippen LogP contribution is -2.33. The third-order valence-electron chi connectivity index (χ3n) is 3.64. The quantitative estimate of drug-likeness (QED) is 0.855. The molecule has 0 aromatic heterocycles. The Kier molecular flexibility index (Phi) is 4.54. The maximum atomic E-state index is 12.8. The van der Waals surface area contributed by atoms with Crippen LogP contribution in [-0.4, -0.2) is 12.5 Å². The second kappa shape index (κ2) is 6.94. The highest BCUT2D eigenvalue weighted by molar-refractivity contribution is 6.04. The van der Waals surface area contributed by atoms with Crippen molar-refractivity contribution < 1.29 is 9.53 Å². The van der Waals surface area contributed by atoms with E-state index >= 15 is 0 Å². The Hall–Kier alpha value is -2.55. The lowest BCUT2D eigenvalue weighted by Gasteiger charge is -2.25. The first-order valence-corrected chi connectivity index (χ1v) is 7.58. The number of allylic oxidation sites excluding steroid dienone is 1. The van der Waals surface area contributed by atoms with Crippen LogP contribution in [0.15, 0.2) is 72.5 Å². The van der Waals surface area contributed by atoms with Crippen molar-refractivity contribution in [1.29, 1.82) is 0 Å². The summed E-state index contributed by atoms with van der Waals surface area (Å²) in [6.45, 7) is 1.15. The molecule has 0 bridgehead atoms. The van der Waals surface area contributed by atoms with E-state index in [4.69, 9.17) is 4.74 Å². The molecule has 2 aromatic rings. The van der Waals surface area contributed by atoms with Gasteiger partial charge in [-0.1, -0.05) is 48.5 Å². The molecule has 0 atom stereocenters. The fourth-order valence-corrected chi connectivity index (χ4v) is 2.49. The van der Waals surface area contributed by atoms with Crippen molar-refractivity contribution in [3.05, 3.63) is 78.1 Å². The second-order valence-electron chi connectivity index (χ2n) is 5.27. The first-order chi connectivity index (χ1) is 10.8. The zero-order valence-electron chi connectivity index (χ0n) is 12.4. The molecule has 0 spiro atoms. The molecule has 0 radical (unpaired) electrons. The fourth-order valence-electron chi connectivity index (χ4n) is 2.49. The zero-order valence-corrected chi connectivity index (χ0v) is 12.4. The molecule has 2 aromatic carbocycles. The monoisotopic (exact) mass is 293 g/mol. The molecule has 1 aliphatic rings. The third kappa shape index (κ3) is 3.37. The summed E-state index contributed by atoms with van der Waals surface area (Å²) in [5, 5.41) is 0. The predicted octanol–water partition coefficient (Wildman–Crippen LogP) is 3.91. The highest BCUT2D eigenvalue weighted by atomic mass is 16.5. The van der Waals surface area contributed by atoms with Gasteiger partial charge in [0, 0.05) is 5.69 Å². The second-order valence-corrected chi connectivity index (χ2v) is 5.27.